The van der Waals surface area contributed by atoms with Crippen LogP contribution in [0.15, 0.2) is 30.3 Å². The largest absolute Gasteiger partial charge is 0.394 e. The van der Waals surface area contributed by atoms with E-state index in [1.807, 2.05) is 30.3 Å². The zero-order chi connectivity index (χ0) is 14.6. The van der Waals surface area contributed by atoms with Crippen LogP contribution in [-0.2, 0) is 5.54 Å². The summed E-state index contributed by atoms with van der Waals surface area (Å²) < 4.78 is 0. The van der Waals surface area contributed by atoms with E-state index in [1.54, 1.807) is 0 Å². The van der Waals surface area contributed by atoms with Crippen molar-refractivity contribution < 1.29 is 5.11 Å². The van der Waals surface area contributed by atoms with Crippen molar-refractivity contribution in [2.24, 2.45) is 11.7 Å². The summed E-state index contributed by atoms with van der Waals surface area (Å²) in [6.45, 7) is 6.31. The Balaban J connectivity index is 2.06. The molecule has 3 N–H and O–H groups in total. The van der Waals surface area contributed by atoms with Gasteiger partial charge in [0.25, 0.3) is 0 Å². The van der Waals surface area contributed by atoms with Crippen LogP contribution < -0.4 is 5.73 Å². The van der Waals surface area contributed by atoms with Crippen molar-refractivity contribution in [2.75, 3.05) is 19.7 Å². The van der Waals surface area contributed by atoms with Gasteiger partial charge >= 0.3 is 0 Å². The quantitative estimate of drug-likeness (QED) is 0.766. The fourth-order valence-corrected chi connectivity index (χ4v) is 2.62. The molecule has 0 aliphatic heterocycles. The van der Waals surface area contributed by atoms with E-state index in [0.29, 0.717) is 12.0 Å². The van der Waals surface area contributed by atoms with E-state index in [1.165, 1.54) is 19.3 Å². The number of aliphatic hydroxyl groups is 1. The Morgan fingerprint density at radius 3 is 2.45 bits per heavy atom. The molecule has 0 amide bonds. The number of aliphatic hydroxyl groups excluding tert-OH is 1. The predicted octanol–water partition coefficient (Wildman–Crippen LogP) is 2.34. The van der Waals surface area contributed by atoms with Crippen molar-refractivity contribution in [3.63, 3.8) is 0 Å². The molecule has 1 fully saturated rings. The molecule has 1 aliphatic carbocycles. The maximum absolute atomic E-state index is 9.82. The van der Waals surface area contributed by atoms with E-state index in [9.17, 15) is 5.11 Å². The minimum atomic E-state index is -0.652. The second-order valence-electron chi connectivity index (χ2n) is 6.56. The van der Waals surface area contributed by atoms with E-state index in [2.05, 4.69) is 18.7 Å². The number of rotatable bonds is 8. The standard InChI is InChI=1S/C17H28N2O/c1-14(2)10-11-19(16-8-9-16)12-17(18,13-20)15-6-4-3-5-7-15/h3-7,14,16,20H,8-13,18H2,1-2H3. The first-order chi connectivity index (χ1) is 9.55. The van der Waals surface area contributed by atoms with E-state index in [-0.39, 0.29) is 6.61 Å². The SMILES string of the molecule is CC(C)CCN(CC(N)(CO)c1ccccc1)C1CC1. The average molecular weight is 276 g/mol. The Kier molecular flexibility index (Phi) is 5.19. The Morgan fingerprint density at radius 2 is 1.95 bits per heavy atom. The fourth-order valence-electron chi connectivity index (χ4n) is 2.62. The van der Waals surface area contributed by atoms with Crippen LogP contribution in [0.5, 0.6) is 0 Å². The first-order valence-electron chi connectivity index (χ1n) is 7.74. The summed E-state index contributed by atoms with van der Waals surface area (Å²) in [5.41, 5.74) is 6.87. The smallest absolute Gasteiger partial charge is 0.0773 e. The number of hydrogen-bond acceptors (Lipinski definition) is 3. The molecule has 1 aliphatic rings. The molecule has 3 heteroatoms. The summed E-state index contributed by atoms with van der Waals surface area (Å²) >= 11 is 0. The third-order valence-corrected chi connectivity index (χ3v) is 4.17. The van der Waals surface area contributed by atoms with Gasteiger partial charge in [-0.05, 0) is 37.3 Å². The van der Waals surface area contributed by atoms with E-state index >= 15 is 0 Å². The number of hydrogen-bond donors (Lipinski definition) is 2. The second-order valence-corrected chi connectivity index (χ2v) is 6.56. The zero-order valence-electron chi connectivity index (χ0n) is 12.8. The first-order valence-corrected chi connectivity index (χ1v) is 7.74. The maximum Gasteiger partial charge on any atom is 0.0773 e. The van der Waals surface area contributed by atoms with E-state index < -0.39 is 5.54 Å². The van der Waals surface area contributed by atoms with Crippen molar-refractivity contribution in [2.45, 2.75) is 44.7 Å². The molecule has 0 heterocycles. The molecule has 1 unspecified atom stereocenters. The molecule has 0 spiro atoms. The van der Waals surface area contributed by atoms with Crippen molar-refractivity contribution in [3.8, 4) is 0 Å². The lowest BCUT2D eigenvalue weighted by Gasteiger charge is -2.35. The van der Waals surface area contributed by atoms with Crippen LogP contribution in [0.4, 0.5) is 0 Å². The number of benzene rings is 1. The molecule has 1 aromatic carbocycles. The summed E-state index contributed by atoms with van der Waals surface area (Å²) in [4.78, 5) is 2.48. The van der Waals surface area contributed by atoms with Gasteiger partial charge in [-0.3, -0.25) is 4.90 Å². The molecule has 2 rings (SSSR count). The summed E-state index contributed by atoms with van der Waals surface area (Å²) in [5, 5.41) is 9.82. The highest BCUT2D eigenvalue weighted by atomic mass is 16.3. The topological polar surface area (TPSA) is 49.5 Å². The fraction of sp³-hybridized carbons (Fsp3) is 0.647. The van der Waals surface area contributed by atoms with Crippen molar-refractivity contribution in [3.05, 3.63) is 35.9 Å². The highest BCUT2D eigenvalue weighted by Crippen LogP contribution is 2.30. The van der Waals surface area contributed by atoms with Crippen LogP contribution in [0.1, 0.15) is 38.7 Å². The van der Waals surface area contributed by atoms with Crippen LogP contribution in [0.3, 0.4) is 0 Å². The van der Waals surface area contributed by atoms with Crippen LogP contribution in [0.25, 0.3) is 0 Å². The number of nitrogens with zero attached hydrogens (tertiary/aromatic N) is 1. The third kappa shape index (κ3) is 4.05. The summed E-state index contributed by atoms with van der Waals surface area (Å²) in [5.74, 6) is 0.703. The molecule has 0 aromatic heterocycles. The van der Waals surface area contributed by atoms with Gasteiger partial charge in [0.15, 0.2) is 0 Å². The van der Waals surface area contributed by atoms with Gasteiger partial charge in [-0.15, -0.1) is 0 Å². The first kappa shape index (κ1) is 15.5. The third-order valence-electron chi connectivity index (χ3n) is 4.17. The van der Waals surface area contributed by atoms with Gasteiger partial charge in [-0.1, -0.05) is 44.2 Å². The normalized spacial score (nSPS) is 18.5. The lowest BCUT2D eigenvalue weighted by atomic mass is 9.91. The zero-order valence-corrected chi connectivity index (χ0v) is 12.8. The highest BCUT2D eigenvalue weighted by molar-refractivity contribution is 5.24. The highest BCUT2D eigenvalue weighted by Gasteiger charge is 2.35. The second kappa shape index (κ2) is 6.70. The predicted molar refractivity (Wildman–Crippen MR) is 83.4 cm³/mol. The molecular weight excluding hydrogens is 248 g/mol. The summed E-state index contributed by atoms with van der Waals surface area (Å²) in [7, 11) is 0. The summed E-state index contributed by atoms with van der Waals surface area (Å²) in [6.07, 6.45) is 3.73. The van der Waals surface area contributed by atoms with Gasteiger partial charge in [-0.25, -0.2) is 0 Å². The molecule has 112 valence electrons. The monoisotopic (exact) mass is 276 g/mol. The van der Waals surface area contributed by atoms with Crippen molar-refractivity contribution >= 4 is 0 Å². The summed E-state index contributed by atoms with van der Waals surface area (Å²) in [6, 6.07) is 10.7. The maximum atomic E-state index is 9.82. The van der Waals surface area contributed by atoms with Gasteiger partial charge in [0, 0.05) is 12.6 Å². The molecule has 0 bridgehead atoms. The molecule has 3 nitrogen and oxygen atoms in total. The molecule has 20 heavy (non-hydrogen) atoms. The van der Waals surface area contributed by atoms with Crippen molar-refractivity contribution in [1.82, 2.24) is 4.90 Å². The van der Waals surface area contributed by atoms with Gasteiger partial charge in [-0.2, -0.15) is 0 Å². The van der Waals surface area contributed by atoms with E-state index in [4.69, 9.17) is 5.73 Å². The molecular formula is C17H28N2O. The van der Waals surface area contributed by atoms with Crippen LogP contribution in [0.2, 0.25) is 0 Å². The van der Waals surface area contributed by atoms with Gasteiger partial charge in [0.05, 0.1) is 12.1 Å². The van der Waals surface area contributed by atoms with Crippen LogP contribution in [0, 0.1) is 5.92 Å². The van der Waals surface area contributed by atoms with Crippen LogP contribution in [-0.4, -0.2) is 35.7 Å². The Hall–Kier alpha value is -0.900. The van der Waals surface area contributed by atoms with Gasteiger partial charge < -0.3 is 10.8 Å². The van der Waals surface area contributed by atoms with Gasteiger partial charge in [0.2, 0.25) is 0 Å². The molecule has 0 radical (unpaired) electrons. The Labute approximate surface area is 122 Å². The average Bonchev–Trinajstić information content (AvgIpc) is 3.28. The molecule has 1 saturated carbocycles. The number of nitrogens with two attached hydrogens (primary N) is 1. The lowest BCUT2D eigenvalue weighted by Crippen LogP contribution is -2.51. The van der Waals surface area contributed by atoms with Gasteiger partial charge in [0.1, 0.15) is 0 Å². The minimum absolute atomic E-state index is 0.0120. The Morgan fingerprint density at radius 1 is 1.30 bits per heavy atom. The molecule has 1 atom stereocenters. The van der Waals surface area contributed by atoms with E-state index in [0.717, 1.165) is 18.7 Å². The lowest BCUT2D eigenvalue weighted by molar-refractivity contribution is 0.127. The molecule has 1 aromatic rings. The Bertz CT molecular complexity index is 403. The van der Waals surface area contributed by atoms with Crippen LogP contribution >= 0.6 is 0 Å². The van der Waals surface area contributed by atoms with Crippen molar-refractivity contribution in [1.29, 1.82) is 0 Å². The minimum Gasteiger partial charge on any atom is -0.394 e. The molecule has 0 saturated heterocycles.